The highest BCUT2D eigenvalue weighted by Crippen LogP contribution is 2.34. The van der Waals surface area contributed by atoms with E-state index in [-0.39, 0.29) is 10.6 Å². The van der Waals surface area contributed by atoms with Crippen molar-refractivity contribution in [3.63, 3.8) is 0 Å². The molecule has 0 N–H and O–H groups in total. The molecular formula is C17H15ClO4S. The maximum atomic E-state index is 12.6. The van der Waals surface area contributed by atoms with Gasteiger partial charge in [-0.3, -0.25) is 0 Å². The van der Waals surface area contributed by atoms with Gasteiger partial charge in [0.05, 0.1) is 17.8 Å². The van der Waals surface area contributed by atoms with Gasteiger partial charge in [-0.05, 0) is 54.1 Å². The lowest BCUT2D eigenvalue weighted by atomic mass is 10.0. The van der Waals surface area contributed by atoms with Gasteiger partial charge in [-0.15, -0.1) is 0 Å². The standard InChI is InChI=1S/C17H15ClO4S/c1-21-14-3-5-15(6-4-14)23(19,20)11-12-8-9-22-17-7-2-13(18)10-16(12)17/h2-8,10H,9,11H2,1H3. The molecule has 2 aromatic rings. The molecule has 2 aromatic carbocycles. The van der Waals surface area contributed by atoms with Crippen LogP contribution in [-0.4, -0.2) is 27.9 Å². The summed E-state index contributed by atoms with van der Waals surface area (Å²) in [6.45, 7) is 0.349. The summed E-state index contributed by atoms with van der Waals surface area (Å²) in [5.74, 6) is 1.17. The first kappa shape index (κ1) is 15.9. The van der Waals surface area contributed by atoms with E-state index in [2.05, 4.69) is 0 Å². The van der Waals surface area contributed by atoms with Crippen LogP contribution >= 0.6 is 11.6 Å². The van der Waals surface area contributed by atoms with Gasteiger partial charge in [-0.2, -0.15) is 0 Å². The monoisotopic (exact) mass is 350 g/mol. The lowest BCUT2D eigenvalue weighted by molar-refractivity contribution is 0.357. The topological polar surface area (TPSA) is 52.6 Å². The Balaban J connectivity index is 1.92. The summed E-state index contributed by atoms with van der Waals surface area (Å²) in [6, 6.07) is 11.6. The van der Waals surface area contributed by atoms with Crippen LogP contribution in [0.2, 0.25) is 5.02 Å². The first-order valence-corrected chi connectivity index (χ1v) is 9.01. The quantitative estimate of drug-likeness (QED) is 0.845. The minimum absolute atomic E-state index is 0.101. The third-order valence-electron chi connectivity index (χ3n) is 3.62. The van der Waals surface area contributed by atoms with Crippen molar-refractivity contribution in [2.24, 2.45) is 0 Å². The van der Waals surface area contributed by atoms with E-state index < -0.39 is 9.84 Å². The largest absolute Gasteiger partial charge is 0.497 e. The number of halogens is 1. The molecule has 0 fully saturated rings. The maximum absolute atomic E-state index is 12.6. The van der Waals surface area contributed by atoms with Crippen LogP contribution in [-0.2, 0) is 9.84 Å². The van der Waals surface area contributed by atoms with E-state index >= 15 is 0 Å². The van der Waals surface area contributed by atoms with E-state index in [9.17, 15) is 8.42 Å². The molecule has 120 valence electrons. The average molecular weight is 351 g/mol. The van der Waals surface area contributed by atoms with Gasteiger partial charge in [-0.25, -0.2) is 8.42 Å². The van der Waals surface area contributed by atoms with Crippen molar-refractivity contribution in [3.05, 3.63) is 59.1 Å². The Morgan fingerprint density at radius 1 is 1.17 bits per heavy atom. The molecule has 6 heteroatoms. The molecule has 0 aromatic heterocycles. The van der Waals surface area contributed by atoms with Crippen LogP contribution in [0.4, 0.5) is 0 Å². The second-order valence-electron chi connectivity index (χ2n) is 5.12. The highest BCUT2D eigenvalue weighted by atomic mass is 35.5. The lowest BCUT2D eigenvalue weighted by Crippen LogP contribution is -2.13. The Bertz CT molecular complexity index is 855. The fraction of sp³-hybridized carbons (Fsp3) is 0.176. The molecule has 0 saturated heterocycles. The molecule has 0 radical (unpaired) electrons. The zero-order chi connectivity index (χ0) is 16.4. The van der Waals surface area contributed by atoms with E-state index in [1.54, 1.807) is 48.5 Å². The van der Waals surface area contributed by atoms with Crippen molar-refractivity contribution >= 4 is 27.0 Å². The van der Waals surface area contributed by atoms with Crippen LogP contribution in [0.5, 0.6) is 11.5 Å². The number of sulfone groups is 1. The zero-order valence-corrected chi connectivity index (χ0v) is 14.0. The van der Waals surface area contributed by atoms with E-state index in [0.717, 1.165) is 5.56 Å². The van der Waals surface area contributed by atoms with E-state index in [4.69, 9.17) is 21.1 Å². The predicted molar refractivity (Wildman–Crippen MR) is 90.0 cm³/mol. The van der Waals surface area contributed by atoms with Gasteiger partial charge in [0, 0.05) is 10.6 Å². The van der Waals surface area contributed by atoms with Crippen LogP contribution in [0.3, 0.4) is 0 Å². The molecule has 0 atom stereocenters. The molecule has 23 heavy (non-hydrogen) atoms. The summed E-state index contributed by atoms with van der Waals surface area (Å²) >= 11 is 6.02. The minimum Gasteiger partial charge on any atom is -0.497 e. The number of rotatable bonds is 4. The number of hydrogen-bond donors (Lipinski definition) is 0. The second kappa shape index (κ2) is 6.26. The molecule has 1 heterocycles. The molecular weight excluding hydrogens is 336 g/mol. The Morgan fingerprint density at radius 3 is 2.61 bits per heavy atom. The van der Waals surface area contributed by atoms with Crippen molar-refractivity contribution in [2.75, 3.05) is 19.5 Å². The highest BCUT2D eigenvalue weighted by molar-refractivity contribution is 7.91. The molecule has 4 nitrogen and oxygen atoms in total. The summed E-state index contributed by atoms with van der Waals surface area (Å²) in [7, 11) is -1.92. The third kappa shape index (κ3) is 3.35. The van der Waals surface area contributed by atoms with Crippen LogP contribution in [0.1, 0.15) is 5.56 Å². The number of benzene rings is 2. The van der Waals surface area contributed by atoms with E-state index in [1.807, 2.05) is 0 Å². The molecule has 1 aliphatic heterocycles. The minimum atomic E-state index is -3.46. The molecule has 0 spiro atoms. The molecule has 1 aliphatic rings. The first-order valence-electron chi connectivity index (χ1n) is 6.98. The van der Waals surface area contributed by atoms with Crippen molar-refractivity contribution in [3.8, 4) is 11.5 Å². The van der Waals surface area contributed by atoms with Crippen molar-refractivity contribution in [1.29, 1.82) is 0 Å². The van der Waals surface area contributed by atoms with E-state index in [1.165, 1.54) is 7.11 Å². The molecule has 0 unspecified atom stereocenters. The Morgan fingerprint density at radius 2 is 1.91 bits per heavy atom. The van der Waals surface area contributed by atoms with Crippen LogP contribution in [0.25, 0.3) is 5.57 Å². The van der Waals surface area contributed by atoms with Gasteiger partial charge in [0.1, 0.15) is 18.1 Å². The maximum Gasteiger partial charge on any atom is 0.182 e. The fourth-order valence-corrected chi connectivity index (χ4v) is 4.00. The molecule has 0 amide bonds. The van der Waals surface area contributed by atoms with Gasteiger partial charge in [-0.1, -0.05) is 11.6 Å². The summed E-state index contributed by atoms with van der Waals surface area (Å²) < 4.78 is 35.8. The summed E-state index contributed by atoms with van der Waals surface area (Å²) in [4.78, 5) is 0.259. The van der Waals surface area contributed by atoms with Crippen LogP contribution < -0.4 is 9.47 Å². The smallest absolute Gasteiger partial charge is 0.182 e. The van der Waals surface area contributed by atoms with Crippen molar-refractivity contribution in [2.45, 2.75) is 4.90 Å². The Labute approximate surface area is 140 Å². The van der Waals surface area contributed by atoms with Gasteiger partial charge < -0.3 is 9.47 Å². The number of methoxy groups -OCH3 is 1. The molecule has 0 saturated carbocycles. The van der Waals surface area contributed by atoms with Gasteiger partial charge in [0.15, 0.2) is 9.84 Å². The fourth-order valence-electron chi connectivity index (χ4n) is 2.43. The van der Waals surface area contributed by atoms with Gasteiger partial charge in [0.2, 0.25) is 0 Å². The predicted octanol–water partition coefficient (Wildman–Crippen LogP) is 3.60. The van der Waals surface area contributed by atoms with Gasteiger partial charge >= 0.3 is 0 Å². The van der Waals surface area contributed by atoms with E-state index in [0.29, 0.717) is 28.7 Å². The number of fused-ring (bicyclic) bond motifs is 1. The summed E-state index contributed by atoms with van der Waals surface area (Å²) in [5.41, 5.74) is 1.42. The first-order chi connectivity index (χ1) is 11.0. The second-order valence-corrected chi connectivity index (χ2v) is 7.54. The van der Waals surface area contributed by atoms with Crippen molar-refractivity contribution < 1.29 is 17.9 Å². The SMILES string of the molecule is COc1ccc(S(=O)(=O)CC2=CCOc3ccc(Cl)cc32)cc1. The summed E-state index contributed by atoms with van der Waals surface area (Å²) in [5, 5.41) is 0.544. The van der Waals surface area contributed by atoms with Gasteiger partial charge in [0.25, 0.3) is 0 Å². The van der Waals surface area contributed by atoms with Crippen molar-refractivity contribution in [1.82, 2.24) is 0 Å². The molecule has 3 rings (SSSR count). The molecule has 0 aliphatic carbocycles. The zero-order valence-electron chi connectivity index (χ0n) is 12.5. The van der Waals surface area contributed by atoms with Crippen LogP contribution in [0, 0.1) is 0 Å². The molecule has 0 bridgehead atoms. The number of hydrogen-bond acceptors (Lipinski definition) is 4. The van der Waals surface area contributed by atoms with Crippen LogP contribution in [0.15, 0.2) is 53.4 Å². The average Bonchev–Trinajstić information content (AvgIpc) is 2.55. The normalized spacial score (nSPS) is 13.7. The Kier molecular flexibility index (Phi) is 4.33. The lowest BCUT2D eigenvalue weighted by Gasteiger charge is -2.19. The number of ether oxygens (including phenoxy) is 2. The highest BCUT2D eigenvalue weighted by Gasteiger charge is 2.22. The Hall–Kier alpha value is -1.98. The third-order valence-corrected chi connectivity index (χ3v) is 5.54. The summed E-state index contributed by atoms with van der Waals surface area (Å²) in [6.07, 6.45) is 1.78.